The number of primary sulfonamides is 1. The van der Waals surface area contributed by atoms with Gasteiger partial charge in [0.05, 0.1) is 4.90 Å². The third kappa shape index (κ3) is 2.68. The van der Waals surface area contributed by atoms with Crippen LogP contribution in [0.1, 0.15) is 5.56 Å². The van der Waals surface area contributed by atoms with Crippen molar-refractivity contribution < 1.29 is 8.42 Å². The van der Waals surface area contributed by atoms with Gasteiger partial charge in [-0.3, -0.25) is 0 Å². The normalized spacial score (nSPS) is 11.6. The molecule has 0 unspecified atom stereocenters. The Morgan fingerprint density at radius 2 is 2.14 bits per heavy atom. The first-order valence-electron chi connectivity index (χ1n) is 3.91. The Labute approximate surface area is 88.1 Å². The Balaban J connectivity index is 3.13. The molecule has 1 aromatic rings. The zero-order valence-electron chi connectivity index (χ0n) is 7.62. The van der Waals surface area contributed by atoms with Gasteiger partial charge in [0, 0.05) is 11.6 Å². The van der Waals surface area contributed by atoms with E-state index in [-0.39, 0.29) is 4.90 Å². The van der Waals surface area contributed by atoms with E-state index in [4.69, 9.17) is 16.7 Å². The number of rotatable bonds is 3. The van der Waals surface area contributed by atoms with Gasteiger partial charge >= 0.3 is 0 Å². The molecule has 0 radical (unpaired) electrons. The molecule has 1 aromatic carbocycles. The van der Waals surface area contributed by atoms with Gasteiger partial charge in [-0.25, -0.2) is 13.6 Å². The lowest BCUT2D eigenvalue weighted by atomic mass is 10.2. The van der Waals surface area contributed by atoms with Crippen LogP contribution in [0.2, 0.25) is 5.02 Å². The molecule has 0 saturated heterocycles. The van der Waals surface area contributed by atoms with Gasteiger partial charge in [-0.1, -0.05) is 17.7 Å². The van der Waals surface area contributed by atoms with Gasteiger partial charge in [0.15, 0.2) is 0 Å². The number of nitrogens with two attached hydrogens (primary N) is 1. The first kappa shape index (κ1) is 11.5. The molecule has 0 amide bonds. The molecule has 6 heteroatoms. The summed E-state index contributed by atoms with van der Waals surface area (Å²) in [4.78, 5) is 0.0300. The summed E-state index contributed by atoms with van der Waals surface area (Å²) in [6.45, 7) is 0.587. The first-order valence-corrected chi connectivity index (χ1v) is 5.83. The lowest BCUT2D eigenvalue weighted by Crippen LogP contribution is -2.13. The van der Waals surface area contributed by atoms with Gasteiger partial charge < -0.3 is 5.32 Å². The quantitative estimate of drug-likeness (QED) is 0.809. The molecule has 0 aliphatic rings. The summed E-state index contributed by atoms with van der Waals surface area (Å²) in [7, 11) is -1.88. The summed E-state index contributed by atoms with van der Waals surface area (Å²) >= 11 is 5.85. The van der Waals surface area contributed by atoms with E-state index in [0.29, 0.717) is 11.6 Å². The van der Waals surface area contributed by atoms with Crippen molar-refractivity contribution >= 4 is 21.6 Å². The SMILES string of the molecule is CNCc1ccc(S(N)(=O)=O)cc1Cl. The van der Waals surface area contributed by atoms with Crippen molar-refractivity contribution in [1.82, 2.24) is 5.32 Å². The predicted octanol–water partition coefficient (Wildman–Crippen LogP) is 0.707. The van der Waals surface area contributed by atoms with Gasteiger partial charge in [0.1, 0.15) is 0 Å². The summed E-state index contributed by atoms with van der Waals surface area (Å²) in [6, 6.07) is 4.43. The molecule has 3 N–H and O–H groups in total. The lowest BCUT2D eigenvalue weighted by Gasteiger charge is -2.04. The Bertz CT molecular complexity index is 431. The second kappa shape index (κ2) is 4.27. The van der Waals surface area contributed by atoms with Crippen LogP contribution in [-0.4, -0.2) is 15.5 Å². The molecule has 0 heterocycles. The van der Waals surface area contributed by atoms with Crippen LogP contribution in [0.25, 0.3) is 0 Å². The summed E-state index contributed by atoms with van der Waals surface area (Å²) in [5.41, 5.74) is 0.835. The zero-order valence-corrected chi connectivity index (χ0v) is 9.19. The fourth-order valence-corrected chi connectivity index (χ4v) is 1.89. The van der Waals surface area contributed by atoms with E-state index in [1.165, 1.54) is 12.1 Å². The molecule has 1 rings (SSSR count). The van der Waals surface area contributed by atoms with Crippen LogP contribution in [0.4, 0.5) is 0 Å². The van der Waals surface area contributed by atoms with E-state index in [0.717, 1.165) is 5.56 Å². The average molecular weight is 235 g/mol. The Morgan fingerprint density at radius 1 is 1.50 bits per heavy atom. The Hall–Kier alpha value is -0.620. The van der Waals surface area contributed by atoms with Crippen LogP contribution in [0.5, 0.6) is 0 Å². The fourth-order valence-electron chi connectivity index (χ4n) is 1.04. The van der Waals surface area contributed by atoms with Crippen molar-refractivity contribution in [2.24, 2.45) is 5.14 Å². The third-order valence-corrected chi connectivity index (χ3v) is 2.98. The molecular weight excluding hydrogens is 224 g/mol. The number of nitrogens with one attached hydrogen (secondary N) is 1. The van der Waals surface area contributed by atoms with E-state index in [9.17, 15) is 8.42 Å². The van der Waals surface area contributed by atoms with Gasteiger partial charge in [-0.15, -0.1) is 0 Å². The highest BCUT2D eigenvalue weighted by atomic mass is 35.5. The number of hydrogen-bond donors (Lipinski definition) is 2. The second-order valence-electron chi connectivity index (χ2n) is 2.83. The van der Waals surface area contributed by atoms with Crippen molar-refractivity contribution in [1.29, 1.82) is 0 Å². The highest BCUT2D eigenvalue weighted by molar-refractivity contribution is 7.89. The van der Waals surface area contributed by atoms with E-state index in [1.807, 2.05) is 0 Å². The largest absolute Gasteiger partial charge is 0.316 e. The highest BCUT2D eigenvalue weighted by Gasteiger charge is 2.09. The minimum absolute atomic E-state index is 0.0300. The van der Waals surface area contributed by atoms with Gasteiger partial charge in [-0.05, 0) is 24.7 Å². The van der Waals surface area contributed by atoms with Crippen LogP contribution < -0.4 is 10.5 Å². The summed E-state index contributed by atoms with van der Waals surface area (Å²) in [5, 5.41) is 8.26. The second-order valence-corrected chi connectivity index (χ2v) is 4.80. The maximum Gasteiger partial charge on any atom is 0.238 e. The van der Waals surface area contributed by atoms with E-state index < -0.39 is 10.0 Å². The molecule has 0 aliphatic heterocycles. The molecule has 0 atom stereocenters. The van der Waals surface area contributed by atoms with E-state index in [1.54, 1.807) is 13.1 Å². The van der Waals surface area contributed by atoms with Gasteiger partial charge in [0.25, 0.3) is 0 Å². The smallest absolute Gasteiger partial charge is 0.238 e. The van der Waals surface area contributed by atoms with Crippen molar-refractivity contribution in [3.05, 3.63) is 28.8 Å². The summed E-state index contributed by atoms with van der Waals surface area (Å²) < 4.78 is 21.9. The van der Waals surface area contributed by atoms with Crippen LogP contribution in [0, 0.1) is 0 Å². The molecule has 14 heavy (non-hydrogen) atoms. The Kier molecular flexibility index (Phi) is 3.49. The van der Waals surface area contributed by atoms with Crippen LogP contribution in [0.3, 0.4) is 0 Å². The standard InChI is InChI=1S/C8H11ClN2O2S/c1-11-5-6-2-3-7(4-8(6)9)14(10,12)13/h2-4,11H,5H2,1H3,(H2,10,12,13). The first-order chi connectivity index (χ1) is 6.45. The lowest BCUT2D eigenvalue weighted by molar-refractivity contribution is 0.597. The number of hydrogen-bond acceptors (Lipinski definition) is 3. The van der Waals surface area contributed by atoms with E-state index in [2.05, 4.69) is 5.32 Å². The summed E-state index contributed by atoms with van der Waals surface area (Å²) in [6.07, 6.45) is 0. The maximum absolute atomic E-state index is 11.0. The predicted molar refractivity (Wildman–Crippen MR) is 55.6 cm³/mol. The van der Waals surface area contributed by atoms with Crippen molar-refractivity contribution in [3.63, 3.8) is 0 Å². The third-order valence-electron chi connectivity index (χ3n) is 1.72. The fraction of sp³-hybridized carbons (Fsp3) is 0.250. The van der Waals surface area contributed by atoms with Gasteiger partial charge in [-0.2, -0.15) is 0 Å². The number of benzene rings is 1. The molecular formula is C8H11ClN2O2S. The van der Waals surface area contributed by atoms with Crippen molar-refractivity contribution in [2.75, 3.05) is 7.05 Å². The minimum Gasteiger partial charge on any atom is -0.316 e. The molecule has 78 valence electrons. The number of sulfonamides is 1. The van der Waals surface area contributed by atoms with Crippen LogP contribution in [-0.2, 0) is 16.6 Å². The average Bonchev–Trinajstić information content (AvgIpc) is 2.07. The van der Waals surface area contributed by atoms with Crippen molar-refractivity contribution in [2.45, 2.75) is 11.4 Å². The molecule has 0 spiro atoms. The van der Waals surface area contributed by atoms with E-state index >= 15 is 0 Å². The molecule has 4 nitrogen and oxygen atoms in total. The van der Waals surface area contributed by atoms with Crippen LogP contribution in [0.15, 0.2) is 23.1 Å². The molecule has 0 bridgehead atoms. The van der Waals surface area contributed by atoms with Gasteiger partial charge in [0.2, 0.25) is 10.0 Å². The Morgan fingerprint density at radius 3 is 2.57 bits per heavy atom. The highest BCUT2D eigenvalue weighted by Crippen LogP contribution is 2.19. The molecule has 0 fully saturated rings. The van der Waals surface area contributed by atoms with Crippen molar-refractivity contribution in [3.8, 4) is 0 Å². The summed E-state index contributed by atoms with van der Waals surface area (Å²) in [5.74, 6) is 0. The minimum atomic E-state index is -3.66. The molecule has 0 aliphatic carbocycles. The molecule has 0 saturated carbocycles. The monoisotopic (exact) mass is 234 g/mol. The molecule has 0 aromatic heterocycles. The number of halogens is 1. The van der Waals surface area contributed by atoms with Crippen LogP contribution >= 0.6 is 11.6 Å². The maximum atomic E-state index is 11.0. The zero-order chi connectivity index (χ0) is 10.8. The topological polar surface area (TPSA) is 72.2 Å².